The Morgan fingerprint density at radius 2 is 2.05 bits per heavy atom. The zero-order chi connectivity index (χ0) is 15.0. The van der Waals surface area contributed by atoms with Crippen LogP contribution in [-0.4, -0.2) is 20.2 Å². The van der Waals surface area contributed by atoms with Gasteiger partial charge in [-0.25, -0.2) is 4.39 Å². The number of nitrogens with two attached hydrogens (primary N) is 1. The number of halogens is 2. The lowest BCUT2D eigenvalue weighted by Crippen LogP contribution is -2.04. The molecule has 1 heterocycles. The summed E-state index contributed by atoms with van der Waals surface area (Å²) in [5, 5.41) is 12.0. The van der Waals surface area contributed by atoms with Crippen LogP contribution in [0.2, 0.25) is 5.02 Å². The molecule has 0 unspecified atom stereocenters. The normalized spacial score (nSPS) is 10.8. The average Bonchev–Trinajstić information content (AvgIpc) is 2.90. The van der Waals surface area contributed by atoms with Crippen molar-refractivity contribution in [3.05, 3.63) is 52.8 Å². The van der Waals surface area contributed by atoms with Gasteiger partial charge in [-0.05, 0) is 47.2 Å². The van der Waals surface area contributed by atoms with Gasteiger partial charge in [0.15, 0.2) is 5.82 Å². The van der Waals surface area contributed by atoms with Crippen molar-refractivity contribution >= 4 is 17.3 Å². The Morgan fingerprint density at radius 3 is 2.81 bits per heavy atom. The highest BCUT2D eigenvalue weighted by molar-refractivity contribution is 6.33. The summed E-state index contributed by atoms with van der Waals surface area (Å²) in [6.07, 6.45) is 0. The fraction of sp³-hybridized carbons (Fsp3) is 0.0714. The summed E-state index contributed by atoms with van der Waals surface area (Å²) in [5.74, 6) is -0.00372. The van der Waals surface area contributed by atoms with Gasteiger partial charge in [-0.15, -0.1) is 5.10 Å². The van der Waals surface area contributed by atoms with Crippen LogP contribution in [0.1, 0.15) is 5.56 Å². The first-order valence-electron chi connectivity index (χ1n) is 6.17. The van der Waals surface area contributed by atoms with Crippen LogP contribution in [-0.2, 0) is 0 Å². The van der Waals surface area contributed by atoms with Crippen molar-refractivity contribution in [2.45, 2.75) is 6.92 Å². The van der Waals surface area contributed by atoms with Crippen LogP contribution in [0.5, 0.6) is 0 Å². The molecule has 0 atom stereocenters. The topological polar surface area (TPSA) is 69.6 Å². The summed E-state index contributed by atoms with van der Waals surface area (Å²) in [6, 6.07) is 9.55. The largest absolute Gasteiger partial charge is 0.398 e. The Labute approximate surface area is 125 Å². The lowest BCUT2D eigenvalue weighted by Gasteiger charge is -2.10. The van der Waals surface area contributed by atoms with Gasteiger partial charge in [0, 0.05) is 5.69 Å². The minimum absolute atomic E-state index is 0.367. The maximum atomic E-state index is 13.5. The molecule has 0 aliphatic rings. The van der Waals surface area contributed by atoms with Crippen molar-refractivity contribution in [1.29, 1.82) is 0 Å². The molecule has 1 aromatic heterocycles. The molecule has 3 rings (SSSR count). The molecular weight excluding hydrogens is 293 g/mol. The zero-order valence-electron chi connectivity index (χ0n) is 11.1. The van der Waals surface area contributed by atoms with E-state index < -0.39 is 0 Å². The van der Waals surface area contributed by atoms with Gasteiger partial charge >= 0.3 is 0 Å². The summed E-state index contributed by atoms with van der Waals surface area (Å²) in [6.45, 7) is 1.84. The molecule has 0 saturated carbocycles. The molecule has 3 aromatic rings. The smallest absolute Gasteiger partial charge is 0.190 e. The Hall–Kier alpha value is -2.47. The predicted molar refractivity (Wildman–Crippen MR) is 78.7 cm³/mol. The van der Waals surface area contributed by atoms with Crippen molar-refractivity contribution in [1.82, 2.24) is 20.2 Å². The van der Waals surface area contributed by atoms with E-state index in [1.54, 1.807) is 24.3 Å². The number of rotatable bonds is 2. The molecule has 5 nitrogen and oxygen atoms in total. The van der Waals surface area contributed by atoms with E-state index in [9.17, 15) is 4.39 Å². The van der Waals surface area contributed by atoms with Gasteiger partial charge < -0.3 is 5.73 Å². The molecular formula is C14H11ClFN5. The fourth-order valence-corrected chi connectivity index (χ4v) is 2.36. The first kappa shape index (κ1) is 13.5. The monoisotopic (exact) mass is 303 g/mol. The van der Waals surface area contributed by atoms with Crippen LogP contribution in [0.3, 0.4) is 0 Å². The van der Waals surface area contributed by atoms with Crippen LogP contribution in [0.15, 0.2) is 36.4 Å². The highest BCUT2D eigenvalue weighted by Gasteiger charge is 2.18. The summed E-state index contributed by atoms with van der Waals surface area (Å²) >= 11 is 6.19. The van der Waals surface area contributed by atoms with Gasteiger partial charge in [-0.1, -0.05) is 23.7 Å². The quantitative estimate of drug-likeness (QED) is 0.739. The molecule has 2 aromatic carbocycles. The third-order valence-corrected chi connectivity index (χ3v) is 3.45. The Morgan fingerprint density at radius 1 is 1.24 bits per heavy atom. The molecule has 0 aliphatic heterocycles. The van der Waals surface area contributed by atoms with E-state index in [0.29, 0.717) is 27.8 Å². The summed E-state index contributed by atoms with van der Waals surface area (Å²) in [7, 11) is 0. The van der Waals surface area contributed by atoms with Gasteiger partial charge in [0.25, 0.3) is 0 Å². The van der Waals surface area contributed by atoms with Crippen molar-refractivity contribution in [3.8, 4) is 17.1 Å². The standard InChI is InChI=1S/C14H11ClFN5/c1-8-5-6-9(16)7-12(8)21-14(18-19-20-21)13-10(15)3-2-4-11(13)17/h2-7H,17H2,1H3. The number of anilines is 1. The van der Waals surface area contributed by atoms with Crippen LogP contribution in [0, 0.1) is 12.7 Å². The molecule has 106 valence electrons. The second kappa shape index (κ2) is 5.14. The molecule has 0 spiro atoms. The minimum Gasteiger partial charge on any atom is -0.398 e. The number of hydrogen-bond acceptors (Lipinski definition) is 4. The predicted octanol–water partition coefficient (Wildman–Crippen LogP) is 3.01. The summed E-state index contributed by atoms with van der Waals surface area (Å²) < 4.78 is 14.9. The highest BCUT2D eigenvalue weighted by atomic mass is 35.5. The van der Waals surface area contributed by atoms with Gasteiger partial charge in [-0.2, -0.15) is 4.68 Å². The Balaban J connectivity index is 2.25. The van der Waals surface area contributed by atoms with E-state index >= 15 is 0 Å². The Kier molecular flexibility index (Phi) is 3.31. The first-order valence-corrected chi connectivity index (χ1v) is 6.55. The molecule has 0 amide bonds. The van der Waals surface area contributed by atoms with Crippen LogP contribution < -0.4 is 5.73 Å². The van der Waals surface area contributed by atoms with Crippen LogP contribution >= 0.6 is 11.6 Å². The van der Waals surface area contributed by atoms with Crippen LogP contribution in [0.4, 0.5) is 10.1 Å². The van der Waals surface area contributed by atoms with Crippen molar-refractivity contribution in [3.63, 3.8) is 0 Å². The van der Waals surface area contributed by atoms with Gasteiger partial charge in [0.05, 0.1) is 16.3 Å². The van der Waals surface area contributed by atoms with E-state index in [2.05, 4.69) is 15.5 Å². The van der Waals surface area contributed by atoms with Gasteiger partial charge in [0.2, 0.25) is 0 Å². The maximum Gasteiger partial charge on any atom is 0.190 e. The molecule has 7 heteroatoms. The number of nitrogens with zero attached hydrogens (tertiary/aromatic N) is 4. The van der Waals surface area contributed by atoms with E-state index in [1.807, 2.05) is 6.92 Å². The van der Waals surface area contributed by atoms with Crippen LogP contribution in [0.25, 0.3) is 17.1 Å². The van der Waals surface area contributed by atoms with Gasteiger partial charge in [-0.3, -0.25) is 0 Å². The van der Waals surface area contributed by atoms with Crippen molar-refractivity contribution < 1.29 is 4.39 Å². The zero-order valence-corrected chi connectivity index (χ0v) is 11.8. The summed E-state index contributed by atoms with van der Waals surface area (Å²) in [5.41, 5.74) is 8.30. The number of tetrazole rings is 1. The number of benzene rings is 2. The van der Waals surface area contributed by atoms with E-state index in [1.165, 1.54) is 16.8 Å². The third kappa shape index (κ3) is 2.34. The Bertz CT molecular complexity index is 795. The molecule has 0 radical (unpaired) electrons. The second-order valence-corrected chi connectivity index (χ2v) is 4.96. The molecule has 0 fully saturated rings. The van der Waals surface area contributed by atoms with Crippen molar-refractivity contribution in [2.24, 2.45) is 0 Å². The SMILES string of the molecule is Cc1ccc(F)cc1-n1nnnc1-c1c(N)cccc1Cl. The van der Waals surface area contributed by atoms with Gasteiger partial charge in [0.1, 0.15) is 5.82 Å². The molecule has 0 saturated heterocycles. The molecule has 21 heavy (non-hydrogen) atoms. The number of aryl methyl sites for hydroxylation is 1. The van der Waals surface area contributed by atoms with E-state index in [-0.39, 0.29) is 5.82 Å². The van der Waals surface area contributed by atoms with E-state index in [0.717, 1.165) is 5.56 Å². The number of nitrogen functional groups attached to an aromatic ring is 1. The molecule has 0 aliphatic carbocycles. The molecule has 2 N–H and O–H groups in total. The maximum absolute atomic E-state index is 13.5. The molecule has 0 bridgehead atoms. The second-order valence-electron chi connectivity index (χ2n) is 4.55. The lowest BCUT2D eigenvalue weighted by molar-refractivity contribution is 0.624. The van der Waals surface area contributed by atoms with E-state index in [4.69, 9.17) is 17.3 Å². The first-order chi connectivity index (χ1) is 10.1. The summed E-state index contributed by atoms with van der Waals surface area (Å²) in [4.78, 5) is 0. The average molecular weight is 304 g/mol. The highest BCUT2D eigenvalue weighted by Crippen LogP contribution is 2.32. The minimum atomic E-state index is -0.371. The number of aromatic nitrogens is 4. The van der Waals surface area contributed by atoms with Crippen molar-refractivity contribution in [2.75, 3.05) is 5.73 Å². The number of hydrogen-bond donors (Lipinski definition) is 1. The lowest BCUT2D eigenvalue weighted by atomic mass is 10.1. The third-order valence-electron chi connectivity index (χ3n) is 3.14. The fourth-order valence-electron chi connectivity index (χ4n) is 2.09.